The lowest BCUT2D eigenvalue weighted by atomic mass is 9.75. The molecule has 1 N–H and O–H groups in total. The van der Waals surface area contributed by atoms with Crippen LogP contribution in [0.3, 0.4) is 0 Å². The van der Waals surface area contributed by atoms with E-state index in [1.807, 2.05) is 6.07 Å². The summed E-state index contributed by atoms with van der Waals surface area (Å²) in [4.78, 5) is 0. The van der Waals surface area contributed by atoms with Crippen LogP contribution in [0, 0.1) is 0 Å². The standard InChI is InChI=1S/C13H18N2O2S/c1-18(16,17)15-8-6-13(7-9-15)10-14-12-5-3-2-4-11(12)13/h2-5,14H,6-10H2,1H3. The molecule has 0 saturated carbocycles. The third-order valence-corrected chi connectivity index (χ3v) is 5.57. The summed E-state index contributed by atoms with van der Waals surface area (Å²) in [6.07, 6.45) is 3.11. The number of hydrogen-bond acceptors (Lipinski definition) is 3. The van der Waals surface area contributed by atoms with Crippen LogP contribution in [0.5, 0.6) is 0 Å². The second kappa shape index (κ2) is 3.96. The summed E-state index contributed by atoms with van der Waals surface area (Å²) < 4.78 is 24.7. The first-order chi connectivity index (χ1) is 8.51. The zero-order chi connectivity index (χ0) is 12.8. The Morgan fingerprint density at radius 2 is 1.89 bits per heavy atom. The molecule has 5 heteroatoms. The van der Waals surface area contributed by atoms with Gasteiger partial charge in [0.15, 0.2) is 0 Å². The lowest BCUT2D eigenvalue weighted by Crippen LogP contribution is -2.45. The minimum absolute atomic E-state index is 0.137. The number of hydrogen-bond donors (Lipinski definition) is 1. The Hall–Kier alpha value is -1.07. The quantitative estimate of drug-likeness (QED) is 0.836. The number of para-hydroxylation sites is 1. The van der Waals surface area contributed by atoms with Crippen LogP contribution in [-0.2, 0) is 15.4 Å². The lowest BCUT2D eigenvalue weighted by molar-refractivity contribution is 0.250. The fraction of sp³-hybridized carbons (Fsp3) is 0.538. The average molecular weight is 266 g/mol. The second-order valence-corrected chi connectivity index (χ2v) is 7.32. The van der Waals surface area contributed by atoms with Crippen LogP contribution < -0.4 is 5.32 Å². The summed E-state index contributed by atoms with van der Waals surface area (Å²) in [7, 11) is -3.04. The number of rotatable bonds is 1. The highest BCUT2D eigenvalue weighted by Gasteiger charge is 2.42. The van der Waals surface area contributed by atoms with E-state index in [4.69, 9.17) is 0 Å². The van der Waals surface area contributed by atoms with E-state index in [1.54, 1.807) is 4.31 Å². The molecule has 1 spiro atoms. The minimum atomic E-state index is -3.04. The smallest absolute Gasteiger partial charge is 0.211 e. The molecule has 0 atom stereocenters. The van der Waals surface area contributed by atoms with E-state index >= 15 is 0 Å². The van der Waals surface area contributed by atoms with Crippen LogP contribution in [0.15, 0.2) is 24.3 Å². The summed E-state index contributed by atoms with van der Waals surface area (Å²) >= 11 is 0. The summed E-state index contributed by atoms with van der Waals surface area (Å²) in [6.45, 7) is 2.20. The molecule has 18 heavy (non-hydrogen) atoms. The Morgan fingerprint density at radius 3 is 2.56 bits per heavy atom. The Balaban J connectivity index is 1.85. The first-order valence-electron chi connectivity index (χ1n) is 6.30. The van der Waals surface area contributed by atoms with Crippen LogP contribution in [-0.4, -0.2) is 38.6 Å². The molecule has 3 rings (SSSR count). The lowest BCUT2D eigenvalue weighted by Gasteiger charge is -2.38. The maximum absolute atomic E-state index is 11.5. The molecular formula is C13H18N2O2S. The van der Waals surface area contributed by atoms with Gasteiger partial charge in [-0.1, -0.05) is 18.2 Å². The normalized spacial score (nSPS) is 22.7. The van der Waals surface area contributed by atoms with E-state index in [9.17, 15) is 8.42 Å². The first kappa shape index (κ1) is 12.0. The summed E-state index contributed by atoms with van der Waals surface area (Å²) in [6, 6.07) is 8.38. The summed E-state index contributed by atoms with van der Waals surface area (Å²) in [5, 5.41) is 3.45. The monoisotopic (exact) mass is 266 g/mol. The fourth-order valence-corrected chi connectivity index (χ4v) is 4.00. The van der Waals surface area contributed by atoms with Crippen molar-refractivity contribution in [1.82, 2.24) is 4.31 Å². The zero-order valence-corrected chi connectivity index (χ0v) is 11.3. The van der Waals surface area contributed by atoms with Crippen molar-refractivity contribution in [3.05, 3.63) is 29.8 Å². The maximum atomic E-state index is 11.5. The van der Waals surface area contributed by atoms with Gasteiger partial charge in [-0.2, -0.15) is 0 Å². The van der Waals surface area contributed by atoms with Crippen molar-refractivity contribution < 1.29 is 8.42 Å². The number of nitrogens with one attached hydrogen (secondary N) is 1. The average Bonchev–Trinajstić information content (AvgIpc) is 2.69. The van der Waals surface area contributed by atoms with Gasteiger partial charge in [0, 0.05) is 30.7 Å². The second-order valence-electron chi connectivity index (χ2n) is 5.34. The molecule has 2 aliphatic heterocycles. The fourth-order valence-electron chi connectivity index (χ4n) is 3.15. The van der Waals surface area contributed by atoms with Crippen molar-refractivity contribution in [2.24, 2.45) is 0 Å². The molecule has 2 heterocycles. The minimum Gasteiger partial charge on any atom is -0.384 e. The third-order valence-electron chi connectivity index (χ3n) is 4.26. The topological polar surface area (TPSA) is 49.4 Å². The third kappa shape index (κ3) is 1.82. The number of nitrogens with zero attached hydrogens (tertiary/aromatic N) is 1. The molecule has 2 aliphatic rings. The highest BCUT2D eigenvalue weighted by Crippen LogP contribution is 2.43. The van der Waals surface area contributed by atoms with E-state index in [0.717, 1.165) is 19.4 Å². The van der Waals surface area contributed by atoms with Gasteiger partial charge in [-0.05, 0) is 24.5 Å². The van der Waals surface area contributed by atoms with Crippen LogP contribution in [0.25, 0.3) is 0 Å². The predicted octanol–water partition coefficient (Wildman–Crippen LogP) is 1.41. The van der Waals surface area contributed by atoms with Gasteiger partial charge >= 0.3 is 0 Å². The zero-order valence-electron chi connectivity index (χ0n) is 10.5. The molecule has 0 bridgehead atoms. The first-order valence-corrected chi connectivity index (χ1v) is 8.15. The molecule has 0 unspecified atom stereocenters. The maximum Gasteiger partial charge on any atom is 0.211 e. The van der Waals surface area contributed by atoms with Crippen LogP contribution in [0.4, 0.5) is 5.69 Å². The molecule has 1 saturated heterocycles. The van der Waals surface area contributed by atoms with Crippen molar-refractivity contribution in [3.63, 3.8) is 0 Å². The van der Waals surface area contributed by atoms with Crippen molar-refractivity contribution in [2.75, 3.05) is 31.2 Å². The number of piperidine rings is 1. The van der Waals surface area contributed by atoms with Gasteiger partial charge in [-0.3, -0.25) is 0 Å². The van der Waals surface area contributed by atoms with E-state index in [2.05, 4.69) is 23.5 Å². The molecule has 0 radical (unpaired) electrons. The molecular weight excluding hydrogens is 248 g/mol. The van der Waals surface area contributed by atoms with Gasteiger partial charge in [0.2, 0.25) is 10.0 Å². The molecule has 1 aromatic rings. The molecule has 98 valence electrons. The number of benzene rings is 1. The van der Waals surface area contributed by atoms with Crippen molar-refractivity contribution in [1.29, 1.82) is 0 Å². The van der Waals surface area contributed by atoms with E-state index < -0.39 is 10.0 Å². The van der Waals surface area contributed by atoms with Crippen LogP contribution in [0.1, 0.15) is 18.4 Å². The van der Waals surface area contributed by atoms with Crippen molar-refractivity contribution in [3.8, 4) is 0 Å². The van der Waals surface area contributed by atoms with Gasteiger partial charge in [-0.15, -0.1) is 0 Å². The Kier molecular flexibility index (Phi) is 2.64. The highest BCUT2D eigenvalue weighted by atomic mass is 32.2. The van der Waals surface area contributed by atoms with Crippen LogP contribution >= 0.6 is 0 Å². The Morgan fingerprint density at radius 1 is 1.22 bits per heavy atom. The molecule has 4 nitrogen and oxygen atoms in total. The Bertz CT molecular complexity index is 560. The number of sulfonamides is 1. The van der Waals surface area contributed by atoms with Crippen molar-refractivity contribution in [2.45, 2.75) is 18.3 Å². The SMILES string of the molecule is CS(=O)(=O)N1CCC2(CC1)CNc1ccccc12. The van der Waals surface area contributed by atoms with Gasteiger partial charge in [-0.25, -0.2) is 12.7 Å². The van der Waals surface area contributed by atoms with Crippen LogP contribution in [0.2, 0.25) is 0 Å². The van der Waals surface area contributed by atoms with Gasteiger partial charge in [0.25, 0.3) is 0 Å². The molecule has 1 fully saturated rings. The Labute approximate surface area is 108 Å². The number of anilines is 1. The molecule has 1 aromatic carbocycles. The van der Waals surface area contributed by atoms with E-state index in [-0.39, 0.29) is 5.41 Å². The van der Waals surface area contributed by atoms with E-state index in [0.29, 0.717) is 13.1 Å². The van der Waals surface area contributed by atoms with Gasteiger partial charge in [0.1, 0.15) is 0 Å². The van der Waals surface area contributed by atoms with Crippen molar-refractivity contribution >= 4 is 15.7 Å². The summed E-state index contributed by atoms with van der Waals surface area (Å²) in [5.74, 6) is 0. The van der Waals surface area contributed by atoms with Gasteiger partial charge < -0.3 is 5.32 Å². The molecule has 0 aromatic heterocycles. The predicted molar refractivity (Wildman–Crippen MR) is 72.3 cm³/mol. The molecule has 0 amide bonds. The number of fused-ring (bicyclic) bond motifs is 2. The van der Waals surface area contributed by atoms with E-state index in [1.165, 1.54) is 17.5 Å². The van der Waals surface area contributed by atoms with Gasteiger partial charge in [0.05, 0.1) is 6.26 Å². The largest absolute Gasteiger partial charge is 0.384 e. The molecule has 0 aliphatic carbocycles. The summed E-state index contributed by atoms with van der Waals surface area (Å²) in [5.41, 5.74) is 2.71. The highest BCUT2D eigenvalue weighted by molar-refractivity contribution is 7.88.